The van der Waals surface area contributed by atoms with E-state index in [9.17, 15) is 0 Å². The van der Waals surface area contributed by atoms with Crippen LogP contribution in [0.15, 0.2) is 0 Å². The highest BCUT2D eigenvalue weighted by atomic mass is 16.5. The van der Waals surface area contributed by atoms with Crippen LogP contribution in [0, 0.1) is 5.92 Å². The van der Waals surface area contributed by atoms with Gasteiger partial charge in [-0.1, -0.05) is 6.42 Å². The summed E-state index contributed by atoms with van der Waals surface area (Å²) >= 11 is 0. The van der Waals surface area contributed by atoms with Crippen molar-refractivity contribution >= 4 is 0 Å². The van der Waals surface area contributed by atoms with Crippen LogP contribution in [0.1, 0.15) is 19.3 Å². The summed E-state index contributed by atoms with van der Waals surface area (Å²) < 4.78 is 5.36. The molecule has 0 aromatic carbocycles. The Bertz CT molecular complexity index is 79.7. The number of nitrogens with two attached hydrogens (primary N) is 1. The summed E-state index contributed by atoms with van der Waals surface area (Å²) in [5.41, 5.74) is 2.69. The van der Waals surface area contributed by atoms with Gasteiger partial charge < -0.3 is 4.74 Å². The SMILES string of the molecule is NNCC1CCCCOC1. The first-order valence-electron chi connectivity index (χ1n) is 3.94. The lowest BCUT2D eigenvalue weighted by Gasteiger charge is -2.11. The van der Waals surface area contributed by atoms with E-state index in [0.717, 1.165) is 19.8 Å². The monoisotopic (exact) mass is 144 g/mol. The molecule has 0 aliphatic carbocycles. The maximum atomic E-state index is 5.36. The Labute approximate surface area is 61.9 Å². The maximum Gasteiger partial charge on any atom is 0.0506 e. The Morgan fingerprint density at radius 3 is 3.20 bits per heavy atom. The van der Waals surface area contributed by atoms with Gasteiger partial charge in [0, 0.05) is 13.2 Å². The summed E-state index contributed by atoms with van der Waals surface area (Å²) in [7, 11) is 0. The van der Waals surface area contributed by atoms with Gasteiger partial charge >= 0.3 is 0 Å². The minimum atomic E-state index is 0.632. The number of hydrogen-bond acceptors (Lipinski definition) is 3. The molecule has 3 N–H and O–H groups in total. The molecule has 0 spiro atoms. The summed E-state index contributed by atoms with van der Waals surface area (Å²) in [6.45, 7) is 2.70. The molecule has 60 valence electrons. The Morgan fingerprint density at radius 1 is 1.50 bits per heavy atom. The van der Waals surface area contributed by atoms with Crippen LogP contribution in [-0.2, 0) is 4.74 Å². The first-order chi connectivity index (χ1) is 4.93. The molecule has 1 aliphatic heterocycles. The fourth-order valence-corrected chi connectivity index (χ4v) is 1.30. The normalized spacial score (nSPS) is 27.9. The van der Waals surface area contributed by atoms with E-state index >= 15 is 0 Å². The molecule has 0 aromatic rings. The van der Waals surface area contributed by atoms with Gasteiger partial charge in [0.05, 0.1) is 6.61 Å². The number of hydrazine groups is 1. The molecule has 1 saturated heterocycles. The van der Waals surface area contributed by atoms with E-state index in [0.29, 0.717) is 5.92 Å². The fraction of sp³-hybridized carbons (Fsp3) is 1.00. The molecule has 1 rings (SSSR count). The first kappa shape index (κ1) is 7.98. The second kappa shape index (κ2) is 4.66. The third kappa shape index (κ3) is 2.64. The van der Waals surface area contributed by atoms with E-state index < -0.39 is 0 Å². The average Bonchev–Trinajstić information content (AvgIpc) is 2.17. The van der Waals surface area contributed by atoms with Gasteiger partial charge in [0.15, 0.2) is 0 Å². The molecule has 10 heavy (non-hydrogen) atoms. The van der Waals surface area contributed by atoms with Gasteiger partial charge in [-0.2, -0.15) is 0 Å². The molecule has 3 heteroatoms. The summed E-state index contributed by atoms with van der Waals surface area (Å²) in [5.74, 6) is 5.84. The lowest BCUT2D eigenvalue weighted by Crippen LogP contribution is -2.30. The van der Waals surface area contributed by atoms with E-state index in [1.165, 1.54) is 19.3 Å². The van der Waals surface area contributed by atoms with Crippen LogP contribution in [0.4, 0.5) is 0 Å². The van der Waals surface area contributed by atoms with Crippen molar-refractivity contribution in [2.45, 2.75) is 19.3 Å². The molecule has 1 unspecified atom stereocenters. The van der Waals surface area contributed by atoms with Gasteiger partial charge in [-0.15, -0.1) is 0 Å². The van der Waals surface area contributed by atoms with Crippen molar-refractivity contribution in [1.29, 1.82) is 0 Å². The van der Waals surface area contributed by atoms with Crippen molar-refractivity contribution in [1.82, 2.24) is 5.43 Å². The van der Waals surface area contributed by atoms with Crippen molar-refractivity contribution in [2.24, 2.45) is 11.8 Å². The van der Waals surface area contributed by atoms with Gasteiger partial charge in [-0.05, 0) is 18.8 Å². The van der Waals surface area contributed by atoms with Crippen LogP contribution in [0.5, 0.6) is 0 Å². The van der Waals surface area contributed by atoms with Crippen molar-refractivity contribution < 1.29 is 4.74 Å². The molecular weight excluding hydrogens is 128 g/mol. The fourth-order valence-electron chi connectivity index (χ4n) is 1.30. The molecule has 1 aliphatic rings. The van der Waals surface area contributed by atoms with Crippen molar-refractivity contribution in [3.63, 3.8) is 0 Å². The number of rotatable bonds is 2. The molecule has 0 radical (unpaired) electrons. The Balaban J connectivity index is 2.15. The zero-order chi connectivity index (χ0) is 7.23. The highest BCUT2D eigenvalue weighted by Gasteiger charge is 2.10. The third-order valence-electron chi connectivity index (χ3n) is 1.91. The van der Waals surface area contributed by atoms with E-state index in [2.05, 4.69) is 5.43 Å². The highest BCUT2D eigenvalue weighted by Crippen LogP contribution is 2.12. The quantitative estimate of drug-likeness (QED) is 0.432. The predicted octanol–water partition coefficient (Wildman–Crippen LogP) is 0.266. The third-order valence-corrected chi connectivity index (χ3v) is 1.91. The smallest absolute Gasteiger partial charge is 0.0506 e. The lowest BCUT2D eigenvalue weighted by molar-refractivity contribution is 0.115. The molecule has 1 fully saturated rings. The maximum absolute atomic E-state index is 5.36. The highest BCUT2D eigenvalue weighted by molar-refractivity contribution is 4.62. The van der Waals surface area contributed by atoms with Gasteiger partial charge in [0.1, 0.15) is 0 Å². The first-order valence-corrected chi connectivity index (χ1v) is 3.94. The van der Waals surface area contributed by atoms with Gasteiger partial charge in [0.2, 0.25) is 0 Å². The lowest BCUT2D eigenvalue weighted by atomic mass is 10.0. The van der Waals surface area contributed by atoms with Crippen molar-refractivity contribution in [3.05, 3.63) is 0 Å². The molecule has 1 heterocycles. The number of ether oxygens (including phenoxy) is 1. The van der Waals surface area contributed by atoms with E-state index in [1.54, 1.807) is 0 Å². The zero-order valence-corrected chi connectivity index (χ0v) is 6.31. The van der Waals surface area contributed by atoms with Gasteiger partial charge in [0.25, 0.3) is 0 Å². The Kier molecular flexibility index (Phi) is 3.72. The second-order valence-corrected chi connectivity index (χ2v) is 2.84. The summed E-state index contributed by atoms with van der Waals surface area (Å²) in [6.07, 6.45) is 3.75. The molecular formula is C7H16N2O. The minimum Gasteiger partial charge on any atom is -0.381 e. The number of nitrogens with one attached hydrogen (secondary N) is 1. The standard InChI is InChI=1S/C7H16N2O/c8-9-5-7-3-1-2-4-10-6-7/h7,9H,1-6,8H2. The van der Waals surface area contributed by atoms with E-state index in [-0.39, 0.29) is 0 Å². The molecule has 0 bridgehead atoms. The summed E-state index contributed by atoms with van der Waals surface area (Å²) in [4.78, 5) is 0. The van der Waals surface area contributed by atoms with Crippen molar-refractivity contribution in [2.75, 3.05) is 19.8 Å². The van der Waals surface area contributed by atoms with Crippen LogP contribution in [-0.4, -0.2) is 19.8 Å². The van der Waals surface area contributed by atoms with Crippen LogP contribution in [0.2, 0.25) is 0 Å². The van der Waals surface area contributed by atoms with Gasteiger partial charge in [-0.25, -0.2) is 0 Å². The predicted molar refractivity (Wildman–Crippen MR) is 40.4 cm³/mol. The van der Waals surface area contributed by atoms with E-state index in [1.807, 2.05) is 0 Å². The van der Waals surface area contributed by atoms with Crippen LogP contribution in [0.3, 0.4) is 0 Å². The largest absolute Gasteiger partial charge is 0.381 e. The van der Waals surface area contributed by atoms with Crippen molar-refractivity contribution in [3.8, 4) is 0 Å². The van der Waals surface area contributed by atoms with Crippen LogP contribution < -0.4 is 11.3 Å². The Hall–Kier alpha value is -0.120. The topological polar surface area (TPSA) is 47.3 Å². The molecule has 0 saturated carbocycles. The second-order valence-electron chi connectivity index (χ2n) is 2.84. The van der Waals surface area contributed by atoms with E-state index in [4.69, 9.17) is 10.6 Å². The van der Waals surface area contributed by atoms with Crippen LogP contribution in [0.25, 0.3) is 0 Å². The summed E-state index contributed by atoms with van der Waals surface area (Å²) in [6, 6.07) is 0. The average molecular weight is 144 g/mol. The molecule has 3 nitrogen and oxygen atoms in total. The van der Waals surface area contributed by atoms with Crippen LogP contribution >= 0.6 is 0 Å². The van der Waals surface area contributed by atoms with Gasteiger partial charge in [-0.3, -0.25) is 11.3 Å². The minimum absolute atomic E-state index is 0.632. The summed E-state index contributed by atoms with van der Waals surface area (Å²) in [5, 5.41) is 0. The zero-order valence-electron chi connectivity index (χ0n) is 6.31. The molecule has 0 amide bonds. The number of hydrogen-bond donors (Lipinski definition) is 2. The molecule has 0 aromatic heterocycles. The Morgan fingerprint density at radius 2 is 2.40 bits per heavy atom. The molecule has 1 atom stereocenters.